The third kappa shape index (κ3) is 2.62. The Bertz CT molecular complexity index is 477. The highest BCUT2D eigenvalue weighted by molar-refractivity contribution is 9.13. The van der Waals surface area contributed by atoms with Gasteiger partial charge in [-0.2, -0.15) is 0 Å². The van der Waals surface area contributed by atoms with Crippen molar-refractivity contribution in [2.24, 2.45) is 11.8 Å². The van der Waals surface area contributed by atoms with Gasteiger partial charge in [0.25, 0.3) is 5.91 Å². The van der Waals surface area contributed by atoms with Crippen molar-refractivity contribution in [3.63, 3.8) is 0 Å². The van der Waals surface area contributed by atoms with Crippen LogP contribution in [0.25, 0.3) is 0 Å². The third-order valence-electron chi connectivity index (χ3n) is 3.15. The van der Waals surface area contributed by atoms with Gasteiger partial charge in [-0.3, -0.25) is 9.59 Å². The van der Waals surface area contributed by atoms with E-state index in [4.69, 9.17) is 5.11 Å². The SMILES string of the molecule is CC(C(=O)O)C1CN(C(=O)c2cc(Br)c(Br)s2)C1. The fourth-order valence-electron chi connectivity index (χ4n) is 1.80. The molecule has 2 rings (SSSR count). The molecule has 18 heavy (non-hydrogen) atoms. The van der Waals surface area contributed by atoms with Gasteiger partial charge in [0.05, 0.1) is 14.6 Å². The number of thiophene rings is 1. The number of carbonyl (C=O) groups excluding carboxylic acids is 1. The molecule has 1 aromatic rings. The van der Waals surface area contributed by atoms with Crippen molar-refractivity contribution < 1.29 is 14.7 Å². The maximum absolute atomic E-state index is 12.1. The van der Waals surface area contributed by atoms with Crippen molar-refractivity contribution in [3.05, 3.63) is 19.2 Å². The van der Waals surface area contributed by atoms with Crippen molar-refractivity contribution in [1.29, 1.82) is 0 Å². The molecule has 0 aliphatic carbocycles. The monoisotopic (exact) mass is 395 g/mol. The summed E-state index contributed by atoms with van der Waals surface area (Å²) in [4.78, 5) is 25.2. The summed E-state index contributed by atoms with van der Waals surface area (Å²) in [5, 5.41) is 8.89. The van der Waals surface area contributed by atoms with Gasteiger partial charge in [0.2, 0.25) is 0 Å². The molecule has 0 radical (unpaired) electrons. The van der Waals surface area contributed by atoms with E-state index < -0.39 is 11.9 Å². The zero-order valence-corrected chi connectivity index (χ0v) is 13.5. The van der Waals surface area contributed by atoms with E-state index in [1.54, 1.807) is 17.9 Å². The van der Waals surface area contributed by atoms with Crippen LogP contribution in [0.4, 0.5) is 0 Å². The van der Waals surface area contributed by atoms with Crippen LogP contribution >= 0.6 is 43.2 Å². The summed E-state index contributed by atoms with van der Waals surface area (Å²) in [7, 11) is 0. The second kappa shape index (κ2) is 5.30. The van der Waals surface area contributed by atoms with Crippen molar-refractivity contribution in [2.75, 3.05) is 13.1 Å². The van der Waals surface area contributed by atoms with Crippen molar-refractivity contribution in [3.8, 4) is 0 Å². The Hall–Kier alpha value is -0.400. The minimum Gasteiger partial charge on any atom is -0.481 e. The van der Waals surface area contributed by atoms with Crippen LogP contribution in [0.15, 0.2) is 14.3 Å². The second-order valence-electron chi connectivity index (χ2n) is 4.33. The van der Waals surface area contributed by atoms with Crippen LogP contribution in [0.5, 0.6) is 0 Å². The molecule has 2 heterocycles. The standard InChI is InChI=1S/C11H11Br2NO3S/c1-5(11(16)17)6-3-14(4-6)10(15)8-2-7(12)9(13)18-8/h2,5-6H,3-4H2,1H3,(H,16,17). The Labute approximate surface area is 125 Å². The number of hydrogen-bond donors (Lipinski definition) is 1. The molecule has 1 amide bonds. The van der Waals surface area contributed by atoms with Crippen LogP contribution in [0, 0.1) is 11.8 Å². The minimum absolute atomic E-state index is 0.0276. The van der Waals surface area contributed by atoms with Gasteiger partial charge < -0.3 is 10.0 Å². The number of hydrogen-bond acceptors (Lipinski definition) is 3. The average molecular weight is 397 g/mol. The van der Waals surface area contributed by atoms with Gasteiger partial charge in [-0.1, -0.05) is 6.92 Å². The first-order chi connectivity index (χ1) is 8.40. The number of carbonyl (C=O) groups is 2. The highest BCUT2D eigenvalue weighted by Gasteiger charge is 2.37. The van der Waals surface area contributed by atoms with Crippen LogP contribution in [0.1, 0.15) is 16.6 Å². The quantitative estimate of drug-likeness (QED) is 0.854. The molecule has 0 bridgehead atoms. The summed E-state index contributed by atoms with van der Waals surface area (Å²) >= 11 is 8.07. The Kier molecular flexibility index (Phi) is 4.13. The van der Waals surface area contributed by atoms with Crippen molar-refractivity contribution in [2.45, 2.75) is 6.92 Å². The minimum atomic E-state index is -0.797. The molecular formula is C11H11Br2NO3S. The number of rotatable bonds is 3. The predicted molar refractivity (Wildman–Crippen MR) is 75.9 cm³/mol. The average Bonchev–Trinajstić information content (AvgIpc) is 2.56. The number of likely N-dealkylation sites (tertiary alicyclic amines) is 1. The van der Waals surface area contributed by atoms with E-state index in [0.29, 0.717) is 18.0 Å². The summed E-state index contributed by atoms with van der Waals surface area (Å²) < 4.78 is 1.76. The summed E-state index contributed by atoms with van der Waals surface area (Å²) in [6, 6.07) is 1.78. The topological polar surface area (TPSA) is 57.6 Å². The fourth-order valence-corrected chi connectivity index (χ4v) is 3.81. The smallest absolute Gasteiger partial charge is 0.306 e. The zero-order valence-electron chi connectivity index (χ0n) is 9.52. The van der Waals surface area contributed by atoms with Crippen LogP contribution in [0.2, 0.25) is 0 Å². The maximum atomic E-state index is 12.1. The lowest BCUT2D eigenvalue weighted by Crippen LogP contribution is -2.53. The Morgan fingerprint density at radius 2 is 2.11 bits per heavy atom. The molecule has 1 aliphatic heterocycles. The van der Waals surface area contributed by atoms with Gasteiger partial charge >= 0.3 is 5.97 Å². The van der Waals surface area contributed by atoms with Crippen molar-refractivity contribution in [1.82, 2.24) is 4.90 Å². The van der Waals surface area contributed by atoms with Gasteiger partial charge in [0.15, 0.2) is 0 Å². The summed E-state index contributed by atoms with van der Waals surface area (Å²) in [5.41, 5.74) is 0. The summed E-state index contributed by atoms with van der Waals surface area (Å²) in [6.07, 6.45) is 0. The van der Waals surface area contributed by atoms with Gasteiger partial charge in [-0.25, -0.2) is 0 Å². The lowest BCUT2D eigenvalue weighted by atomic mass is 9.87. The van der Waals surface area contributed by atoms with E-state index in [-0.39, 0.29) is 11.8 Å². The molecule has 1 aliphatic rings. The first-order valence-corrected chi connectivity index (χ1v) is 7.77. The predicted octanol–water partition coefficient (Wildman–Crippen LogP) is 3.07. The Morgan fingerprint density at radius 3 is 2.56 bits per heavy atom. The van der Waals surface area contributed by atoms with Gasteiger partial charge in [-0.15, -0.1) is 11.3 Å². The molecule has 1 fully saturated rings. The molecule has 0 spiro atoms. The van der Waals surface area contributed by atoms with Gasteiger partial charge in [-0.05, 0) is 37.9 Å². The van der Waals surface area contributed by atoms with Crippen molar-refractivity contribution >= 4 is 55.1 Å². The number of aliphatic carboxylic acids is 1. The second-order valence-corrected chi connectivity index (χ2v) is 7.55. The molecule has 1 N–H and O–H groups in total. The van der Waals surface area contributed by atoms with Gasteiger partial charge in [0, 0.05) is 23.5 Å². The molecule has 4 nitrogen and oxygen atoms in total. The van der Waals surface area contributed by atoms with E-state index in [1.165, 1.54) is 11.3 Å². The van der Waals surface area contributed by atoms with E-state index in [1.807, 2.05) is 0 Å². The number of halogens is 2. The lowest BCUT2D eigenvalue weighted by Gasteiger charge is -2.40. The summed E-state index contributed by atoms with van der Waals surface area (Å²) in [6.45, 7) is 2.74. The normalized spacial score (nSPS) is 17.4. The van der Waals surface area contributed by atoms with Crippen LogP contribution < -0.4 is 0 Å². The molecule has 1 aromatic heterocycles. The maximum Gasteiger partial charge on any atom is 0.306 e. The van der Waals surface area contributed by atoms with Crippen LogP contribution in [-0.4, -0.2) is 35.0 Å². The van der Waals surface area contributed by atoms with E-state index >= 15 is 0 Å². The van der Waals surface area contributed by atoms with Gasteiger partial charge in [0.1, 0.15) is 0 Å². The molecular weight excluding hydrogens is 386 g/mol. The molecule has 1 saturated heterocycles. The lowest BCUT2D eigenvalue weighted by molar-refractivity contribution is -0.144. The Balaban J connectivity index is 1.96. The number of nitrogens with zero attached hydrogens (tertiary/aromatic N) is 1. The van der Waals surface area contributed by atoms with Crippen LogP contribution in [0.3, 0.4) is 0 Å². The highest BCUT2D eigenvalue weighted by atomic mass is 79.9. The molecule has 7 heteroatoms. The highest BCUT2D eigenvalue weighted by Crippen LogP contribution is 2.34. The Morgan fingerprint density at radius 1 is 1.50 bits per heavy atom. The molecule has 1 atom stereocenters. The molecule has 0 aromatic carbocycles. The third-order valence-corrected chi connectivity index (χ3v) is 6.39. The van der Waals surface area contributed by atoms with E-state index in [2.05, 4.69) is 31.9 Å². The molecule has 98 valence electrons. The molecule has 0 saturated carbocycles. The fraction of sp³-hybridized carbons (Fsp3) is 0.455. The van der Waals surface area contributed by atoms with E-state index in [0.717, 1.165) is 8.26 Å². The first-order valence-electron chi connectivity index (χ1n) is 5.37. The summed E-state index contributed by atoms with van der Waals surface area (Å²) in [5.74, 6) is -1.15. The number of carboxylic acids is 1. The first kappa shape index (κ1) is 14.0. The largest absolute Gasteiger partial charge is 0.481 e. The number of carboxylic acid groups (broad SMARTS) is 1. The number of amides is 1. The van der Waals surface area contributed by atoms with E-state index in [9.17, 15) is 9.59 Å². The molecule has 1 unspecified atom stereocenters. The van der Waals surface area contributed by atoms with Crippen LogP contribution in [-0.2, 0) is 4.79 Å². The zero-order chi connectivity index (χ0) is 13.4.